The summed E-state index contributed by atoms with van der Waals surface area (Å²) in [4.78, 5) is 37.5. The second kappa shape index (κ2) is 7.96. The number of benzene rings is 1. The van der Waals surface area contributed by atoms with Crippen LogP contribution in [0.4, 0.5) is 0 Å². The molecular formula is C19H24O8. The van der Waals surface area contributed by atoms with Gasteiger partial charge < -0.3 is 24.4 Å². The Hall–Kier alpha value is -2.61. The van der Waals surface area contributed by atoms with E-state index in [0.717, 1.165) is 7.11 Å². The van der Waals surface area contributed by atoms with E-state index in [0.29, 0.717) is 5.56 Å². The van der Waals surface area contributed by atoms with Crippen LogP contribution in [0.25, 0.3) is 0 Å². The number of esters is 2. The Morgan fingerprint density at radius 2 is 1.85 bits per heavy atom. The van der Waals surface area contributed by atoms with Crippen molar-refractivity contribution in [3.8, 4) is 11.5 Å². The van der Waals surface area contributed by atoms with Gasteiger partial charge in [0.05, 0.1) is 32.3 Å². The number of carbonyl (C=O) groups is 3. The van der Waals surface area contributed by atoms with Crippen molar-refractivity contribution in [1.29, 1.82) is 0 Å². The van der Waals surface area contributed by atoms with Crippen LogP contribution in [0.3, 0.4) is 0 Å². The number of ketones is 1. The van der Waals surface area contributed by atoms with Crippen LogP contribution >= 0.6 is 0 Å². The summed E-state index contributed by atoms with van der Waals surface area (Å²) in [7, 11) is 2.32. The monoisotopic (exact) mass is 380 g/mol. The van der Waals surface area contributed by atoms with E-state index in [1.54, 1.807) is 6.92 Å². The van der Waals surface area contributed by atoms with E-state index in [2.05, 4.69) is 0 Å². The average Bonchev–Trinajstić information content (AvgIpc) is 2.61. The summed E-state index contributed by atoms with van der Waals surface area (Å²) in [5.41, 5.74) is -1.35. The molecule has 0 aromatic heterocycles. The molecule has 0 saturated heterocycles. The third kappa shape index (κ3) is 3.90. The molecule has 1 fully saturated rings. The number of hydrogen-bond donors (Lipinski definition) is 2. The van der Waals surface area contributed by atoms with Gasteiger partial charge in [0.25, 0.3) is 0 Å². The quantitative estimate of drug-likeness (QED) is 0.577. The summed E-state index contributed by atoms with van der Waals surface area (Å²) in [6, 6.07) is 4.27. The van der Waals surface area contributed by atoms with Crippen molar-refractivity contribution in [2.24, 2.45) is 11.8 Å². The van der Waals surface area contributed by atoms with E-state index >= 15 is 0 Å². The maximum Gasteiger partial charge on any atom is 0.316 e. The normalized spacial score (nSPS) is 27.7. The standard InChI is InChI=1S/C19H24O8/c1-5-27-13-8-10(6-7-11(13)20)14-15(17(22)25-3)12(21)9-19(2,24)16(14)18(23)26-4/h6-8,14-16,20,24H,5,9H2,1-4H3/t14-,15+,16-,19+/m0/s1. The molecule has 0 spiro atoms. The predicted molar refractivity (Wildman–Crippen MR) is 93.3 cm³/mol. The first-order chi connectivity index (χ1) is 12.7. The Bertz CT molecular complexity index is 739. The molecule has 0 unspecified atom stereocenters. The van der Waals surface area contributed by atoms with Crippen molar-refractivity contribution in [1.82, 2.24) is 0 Å². The van der Waals surface area contributed by atoms with Crippen molar-refractivity contribution < 1.29 is 38.8 Å². The molecule has 1 aliphatic carbocycles. The molecule has 4 atom stereocenters. The van der Waals surface area contributed by atoms with Crippen LogP contribution in [0, 0.1) is 11.8 Å². The molecule has 0 amide bonds. The van der Waals surface area contributed by atoms with Crippen LogP contribution in [0.15, 0.2) is 18.2 Å². The minimum atomic E-state index is -1.72. The Kier molecular flexibility index (Phi) is 6.10. The summed E-state index contributed by atoms with van der Waals surface area (Å²) < 4.78 is 15.0. The third-order valence-electron chi connectivity index (χ3n) is 4.85. The number of phenolic OH excluding ortho intramolecular Hbond substituents is 1. The summed E-state index contributed by atoms with van der Waals surface area (Å²) in [6.07, 6.45) is -0.389. The molecule has 1 aromatic rings. The lowest BCUT2D eigenvalue weighted by molar-refractivity contribution is -0.170. The zero-order chi connectivity index (χ0) is 20.4. The van der Waals surface area contributed by atoms with E-state index in [9.17, 15) is 24.6 Å². The van der Waals surface area contributed by atoms with Crippen LogP contribution in [-0.2, 0) is 23.9 Å². The number of ether oxygens (including phenoxy) is 3. The summed E-state index contributed by atoms with van der Waals surface area (Å²) >= 11 is 0. The van der Waals surface area contributed by atoms with Crippen LogP contribution in [-0.4, -0.2) is 54.4 Å². The van der Waals surface area contributed by atoms with Gasteiger partial charge in [0.1, 0.15) is 5.92 Å². The Labute approximate surface area is 157 Å². The van der Waals surface area contributed by atoms with Gasteiger partial charge in [0.15, 0.2) is 17.3 Å². The number of methoxy groups -OCH3 is 2. The van der Waals surface area contributed by atoms with Crippen LogP contribution in [0.2, 0.25) is 0 Å². The van der Waals surface area contributed by atoms with Crippen molar-refractivity contribution >= 4 is 17.7 Å². The highest BCUT2D eigenvalue weighted by atomic mass is 16.5. The Balaban J connectivity index is 2.67. The van der Waals surface area contributed by atoms with Crippen molar-refractivity contribution in [3.63, 3.8) is 0 Å². The van der Waals surface area contributed by atoms with Gasteiger partial charge in [-0.25, -0.2) is 0 Å². The lowest BCUT2D eigenvalue weighted by atomic mass is 9.61. The molecule has 1 aromatic carbocycles. The molecule has 0 radical (unpaired) electrons. The number of aromatic hydroxyl groups is 1. The fourth-order valence-corrected chi connectivity index (χ4v) is 3.68. The van der Waals surface area contributed by atoms with Gasteiger partial charge in [-0.05, 0) is 31.5 Å². The SMILES string of the molecule is CCOc1cc([C@H]2[C@H](C(=O)OC)C(=O)C[C@@](C)(O)[C@@H]2C(=O)OC)ccc1O. The second-order valence-electron chi connectivity index (χ2n) is 6.69. The van der Waals surface area contributed by atoms with E-state index < -0.39 is 41.1 Å². The number of phenols is 1. The molecule has 148 valence electrons. The fraction of sp³-hybridized carbons (Fsp3) is 0.526. The zero-order valence-corrected chi connectivity index (χ0v) is 15.7. The molecule has 1 aliphatic rings. The van der Waals surface area contributed by atoms with Gasteiger partial charge in [-0.2, -0.15) is 0 Å². The van der Waals surface area contributed by atoms with Gasteiger partial charge >= 0.3 is 11.9 Å². The van der Waals surface area contributed by atoms with E-state index in [1.165, 1.54) is 32.2 Å². The highest BCUT2D eigenvalue weighted by Crippen LogP contribution is 2.47. The summed E-state index contributed by atoms with van der Waals surface area (Å²) in [5.74, 6) is -5.61. The summed E-state index contributed by atoms with van der Waals surface area (Å²) in [5, 5.41) is 20.7. The number of Topliss-reactive ketones (excluding diaryl/α,β-unsaturated/α-hetero) is 1. The first-order valence-electron chi connectivity index (χ1n) is 8.54. The number of carbonyl (C=O) groups excluding carboxylic acids is 3. The first kappa shape index (κ1) is 20.7. The maximum absolute atomic E-state index is 12.6. The predicted octanol–water partition coefficient (Wildman–Crippen LogP) is 1.18. The smallest absolute Gasteiger partial charge is 0.316 e. The van der Waals surface area contributed by atoms with Gasteiger partial charge in [0.2, 0.25) is 0 Å². The van der Waals surface area contributed by atoms with Gasteiger partial charge in [-0.1, -0.05) is 6.07 Å². The molecule has 2 rings (SSSR count). The van der Waals surface area contributed by atoms with Crippen molar-refractivity contribution in [3.05, 3.63) is 23.8 Å². The van der Waals surface area contributed by atoms with Crippen molar-refractivity contribution in [2.75, 3.05) is 20.8 Å². The topological polar surface area (TPSA) is 119 Å². The number of rotatable bonds is 5. The fourth-order valence-electron chi connectivity index (χ4n) is 3.68. The molecule has 8 nitrogen and oxygen atoms in total. The largest absolute Gasteiger partial charge is 0.504 e. The molecule has 8 heteroatoms. The highest BCUT2D eigenvalue weighted by Gasteiger charge is 2.57. The molecular weight excluding hydrogens is 356 g/mol. The third-order valence-corrected chi connectivity index (χ3v) is 4.85. The zero-order valence-electron chi connectivity index (χ0n) is 15.7. The van der Waals surface area contributed by atoms with E-state index in [1.807, 2.05) is 0 Å². The summed E-state index contributed by atoms with van der Waals surface area (Å²) in [6.45, 7) is 3.37. The lowest BCUT2D eigenvalue weighted by Crippen LogP contribution is -2.55. The number of hydrogen-bond acceptors (Lipinski definition) is 8. The maximum atomic E-state index is 12.6. The second-order valence-corrected chi connectivity index (χ2v) is 6.69. The lowest BCUT2D eigenvalue weighted by Gasteiger charge is -2.43. The molecule has 2 N–H and O–H groups in total. The average molecular weight is 380 g/mol. The van der Waals surface area contributed by atoms with Gasteiger partial charge in [0, 0.05) is 12.3 Å². The molecule has 1 saturated carbocycles. The Morgan fingerprint density at radius 3 is 2.41 bits per heavy atom. The van der Waals surface area contributed by atoms with Crippen LogP contribution in [0.5, 0.6) is 11.5 Å². The number of aliphatic hydroxyl groups is 1. The van der Waals surface area contributed by atoms with Crippen LogP contribution in [0.1, 0.15) is 31.7 Å². The molecule has 27 heavy (non-hydrogen) atoms. The minimum absolute atomic E-state index is 0.126. The van der Waals surface area contributed by atoms with Gasteiger partial charge in [-0.3, -0.25) is 14.4 Å². The molecule has 0 aliphatic heterocycles. The Morgan fingerprint density at radius 1 is 1.22 bits per heavy atom. The minimum Gasteiger partial charge on any atom is -0.504 e. The molecule has 0 heterocycles. The highest BCUT2D eigenvalue weighted by molar-refractivity contribution is 6.02. The van der Waals surface area contributed by atoms with E-state index in [-0.39, 0.29) is 24.5 Å². The van der Waals surface area contributed by atoms with Gasteiger partial charge in [-0.15, -0.1) is 0 Å². The van der Waals surface area contributed by atoms with Crippen LogP contribution < -0.4 is 4.74 Å². The first-order valence-corrected chi connectivity index (χ1v) is 8.54. The van der Waals surface area contributed by atoms with Crippen molar-refractivity contribution in [2.45, 2.75) is 31.8 Å². The molecule has 0 bridgehead atoms. The van der Waals surface area contributed by atoms with E-state index in [4.69, 9.17) is 14.2 Å².